The Morgan fingerprint density at radius 2 is 1.67 bits per heavy atom. The van der Waals surface area contributed by atoms with Crippen molar-refractivity contribution in [1.29, 1.82) is 0 Å². The van der Waals surface area contributed by atoms with Crippen molar-refractivity contribution in [2.45, 2.75) is 69.7 Å². The first-order chi connectivity index (χ1) is 23.1. The second-order valence-corrected chi connectivity index (χ2v) is 14.3. The second kappa shape index (κ2) is 13.4. The molecule has 3 aliphatic rings. The molecular formula is C39H45FN6O2. The van der Waals surface area contributed by atoms with E-state index in [0.29, 0.717) is 23.8 Å². The Kier molecular flexibility index (Phi) is 9.02. The van der Waals surface area contributed by atoms with Gasteiger partial charge >= 0.3 is 0 Å². The summed E-state index contributed by atoms with van der Waals surface area (Å²) in [6, 6.07) is 20.7. The number of hydrogen-bond acceptors (Lipinski definition) is 7. The first kappa shape index (κ1) is 32.4. The molecule has 0 bridgehead atoms. The van der Waals surface area contributed by atoms with Crippen LogP contribution in [-0.2, 0) is 16.8 Å². The lowest BCUT2D eigenvalue weighted by Gasteiger charge is -2.37. The van der Waals surface area contributed by atoms with Gasteiger partial charge in [-0.1, -0.05) is 56.3 Å². The number of ether oxygens (including phenoxy) is 1. The van der Waals surface area contributed by atoms with Gasteiger partial charge in [-0.2, -0.15) is 4.39 Å². The van der Waals surface area contributed by atoms with E-state index in [-0.39, 0.29) is 34.8 Å². The number of carbonyl (C=O) groups is 1. The van der Waals surface area contributed by atoms with Gasteiger partial charge in [0.25, 0.3) is 5.91 Å². The van der Waals surface area contributed by atoms with Crippen molar-refractivity contribution in [3.8, 4) is 22.3 Å². The molecule has 1 saturated carbocycles. The Morgan fingerprint density at radius 3 is 2.42 bits per heavy atom. The molecule has 8 nitrogen and oxygen atoms in total. The molecule has 3 heterocycles. The molecule has 1 unspecified atom stereocenters. The molecule has 1 saturated heterocycles. The monoisotopic (exact) mass is 648 g/mol. The maximum atomic E-state index is 13.3. The Labute approximate surface area is 282 Å². The number of pyridine rings is 2. The van der Waals surface area contributed by atoms with E-state index in [1.807, 2.05) is 0 Å². The predicted octanol–water partition coefficient (Wildman–Crippen LogP) is 6.37. The van der Waals surface area contributed by atoms with Crippen LogP contribution in [0, 0.1) is 5.95 Å². The maximum Gasteiger partial charge on any atom is 0.255 e. The summed E-state index contributed by atoms with van der Waals surface area (Å²) in [5, 5.41) is 3.13. The van der Waals surface area contributed by atoms with Crippen LogP contribution in [0.5, 0.6) is 0 Å². The highest BCUT2D eigenvalue weighted by atomic mass is 19.1. The lowest BCUT2D eigenvalue weighted by Crippen LogP contribution is -2.45. The van der Waals surface area contributed by atoms with Gasteiger partial charge in [-0.3, -0.25) is 9.69 Å². The van der Waals surface area contributed by atoms with Crippen LogP contribution in [0.3, 0.4) is 0 Å². The van der Waals surface area contributed by atoms with E-state index in [2.05, 4.69) is 88.4 Å². The summed E-state index contributed by atoms with van der Waals surface area (Å²) in [5.41, 5.74) is 14.3. The SMILES string of the molecule is CN1CCN(C2CC(C)(C)c3cc(-c4ccc(CO[C@H]5CCC[C@@H]5NC(=O)c5cc(-c6ccc(F)nc6)cnc5N)cc4)ccc32)CC1. The Bertz CT molecular complexity index is 1770. The van der Waals surface area contributed by atoms with Crippen LogP contribution < -0.4 is 11.1 Å². The van der Waals surface area contributed by atoms with Crippen molar-refractivity contribution in [1.82, 2.24) is 25.1 Å². The van der Waals surface area contributed by atoms with Gasteiger partial charge < -0.3 is 20.7 Å². The zero-order chi connectivity index (χ0) is 33.4. The zero-order valence-electron chi connectivity index (χ0n) is 28.1. The standard InChI is InChI=1S/C39H45FN6O2/c1-39(2)21-34(46-17-15-45(3)16-18-46)30-13-11-27(20-32(30)39)26-9-7-25(8-10-26)24-48-35-6-4-5-33(35)44-38(47)31-19-29(23-43-37(31)41)28-12-14-36(40)42-22-28/h7-14,19-20,22-23,33-35H,4-6,15-18,21,24H2,1-3H3,(H2,41,43)(H,44,47)/t33-,34?,35-/m0/s1. The van der Waals surface area contributed by atoms with Gasteiger partial charge in [0.1, 0.15) is 5.82 Å². The van der Waals surface area contributed by atoms with Crippen molar-refractivity contribution < 1.29 is 13.9 Å². The molecule has 0 spiro atoms. The first-order valence-corrected chi connectivity index (χ1v) is 17.1. The van der Waals surface area contributed by atoms with Crippen LogP contribution in [-0.4, -0.2) is 71.0 Å². The number of fused-ring (bicyclic) bond motifs is 1. The normalized spacial score (nSPS) is 22.5. The summed E-state index contributed by atoms with van der Waals surface area (Å²) in [4.78, 5) is 26.3. The minimum atomic E-state index is -0.568. The molecule has 250 valence electrons. The van der Waals surface area contributed by atoms with Gasteiger partial charge in [0.2, 0.25) is 5.95 Å². The number of carbonyl (C=O) groups excluding carboxylic acids is 1. The summed E-state index contributed by atoms with van der Waals surface area (Å²) in [6.45, 7) is 9.78. The number of aromatic nitrogens is 2. The summed E-state index contributed by atoms with van der Waals surface area (Å²) in [6.07, 6.45) is 6.71. The maximum absolute atomic E-state index is 13.3. The third-order valence-corrected chi connectivity index (χ3v) is 10.6. The third-order valence-electron chi connectivity index (χ3n) is 10.6. The fourth-order valence-electron chi connectivity index (χ4n) is 7.67. The van der Waals surface area contributed by atoms with E-state index in [1.54, 1.807) is 18.3 Å². The van der Waals surface area contributed by atoms with Crippen molar-refractivity contribution in [2.24, 2.45) is 0 Å². The summed E-state index contributed by atoms with van der Waals surface area (Å²) in [7, 11) is 2.22. The van der Waals surface area contributed by atoms with Crippen LogP contribution in [0.15, 0.2) is 73.1 Å². The number of rotatable bonds is 8. The summed E-state index contributed by atoms with van der Waals surface area (Å²) in [5.74, 6) is -0.723. The van der Waals surface area contributed by atoms with Gasteiger partial charge in [0, 0.05) is 55.7 Å². The van der Waals surface area contributed by atoms with Gasteiger partial charge in [-0.25, -0.2) is 9.97 Å². The minimum Gasteiger partial charge on any atom is -0.383 e. The Morgan fingerprint density at radius 1 is 0.938 bits per heavy atom. The number of benzene rings is 2. The summed E-state index contributed by atoms with van der Waals surface area (Å²) < 4.78 is 19.7. The van der Waals surface area contributed by atoms with Crippen LogP contribution in [0.1, 0.15) is 72.6 Å². The number of halogens is 1. The number of amides is 1. The number of nitrogens with two attached hydrogens (primary N) is 1. The van der Waals surface area contributed by atoms with Crippen molar-refractivity contribution in [3.63, 3.8) is 0 Å². The fraction of sp³-hybridized carbons (Fsp3) is 0.410. The highest BCUT2D eigenvalue weighted by Crippen LogP contribution is 2.48. The minimum absolute atomic E-state index is 0.0977. The van der Waals surface area contributed by atoms with Crippen molar-refractivity contribution >= 4 is 11.7 Å². The highest BCUT2D eigenvalue weighted by molar-refractivity contribution is 5.99. The van der Waals surface area contributed by atoms with E-state index < -0.39 is 5.95 Å². The fourth-order valence-corrected chi connectivity index (χ4v) is 7.67. The molecule has 7 rings (SSSR count). The zero-order valence-corrected chi connectivity index (χ0v) is 28.1. The number of nitrogen functional groups attached to an aromatic ring is 1. The van der Waals surface area contributed by atoms with Gasteiger partial charge in [0.15, 0.2) is 0 Å². The molecule has 1 aliphatic heterocycles. The molecule has 3 atom stereocenters. The number of likely N-dealkylation sites (N-methyl/N-ethyl adjacent to an activating group) is 1. The third kappa shape index (κ3) is 6.72. The molecular weight excluding hydrogens is 603 g/mol. The summed E-state index contributed by atoms with van der Waals surface area (Å²) >= 11 is 0. The van der Waals surface area contributed by atoms with Crippen LogP contribution in [0.4, 0.5) is 10.2 Å². The lowest BCUT2D eigenvalue weighted by molar-refractivity contribution is 0.0272. The van der Waals surface area contributed by atoms with Gasteiger partial charge in [-0.15, -0.1) is 0 Å². The van der Waals surface area contributed by atoms with E-state index in [9.17, 15) is 9.18 Å². The Balaban J connectivity index is 0.979. The van der Waals surface area contributed by atoms with E-state index >= 15 is 0 Å². The second-order valence-electron chi connectivity index (χ2n) is 14.3. The van der Waals surface area contributed by atoms with Crippen LogP contribution in [0.25, 0.3) is 22.3 Å². The molecule has 2 fully saturated rings. The topological polar surface area (TPSA) is 96.6 Å². The molecule has 0 radical (unpaired) electrons. The Hall–Kier alpha value is -4.18. The highest BCUT2D eigenvalue weighted by Gasteiger charge is 2.40. The van der Waals surface area contributed by atoms with Crippen LogP contribution in [0.2, 0.25) is 0 Å². The number of hydrogen-bond donors (Lipinski definition) is 2. The van der Waals surface area contributed by atoms with Gasteiger partial charge in [0.05, 0.1) is 24.3 Å². The molecule has 1 amide bonds. The number of nitrogens with zero attached hydrogens (tertiary/aromatic N) is 4. The predicted molar refractivity (Wildman–Crippen MR) is 187 cm³/mol. The van der Waals surface area contributed by atoms with Crippen molar-refractivity contribution in [2.75, 3.05) is 39.0 Å². The smallest absolute Gasteiger partial charge is 0.255 e. The number of piperazine rings is 1. The molecule has 2 aliphatic carbocycles. The van der Waals surface area contributed by atoms with Gasteiger partial charge in [-0.05, 0) is 84.2 Å². The lowest BCUT2D eigenvalue weighted by atomic mass is 9.85. The molecule has 2 aromatic heterocycles. The van der Waals surface area contributed by atoms with E-state index in [1.165, 1.54) is 40.9 Å². The largest absolute Gasteiger partial charge is 0.383 e. The quantitative estimate of drug-likeness (QED) is 0.215. The average Bonchev–Trinajstić information content (AvgIpc) is 3.65. The van der Waals surface area contributed by atoms with E-state index in [4.69, 9.17) is 10.5 Å². The first-order valence-electron chi connectivity index (χ1n) is 17.1. The number of nitrogens with one attached hydrogen (secondary N) is 1. The molecule has 48 heavy (non-hydrogen) atoms. The molecule has 9 heteroatoms. The molecule has 4 aromatic rings. The van der Waals surface area contributed by atoms with Crippen molar-refractivity contribution in [3.05, 3.63) is 101 Å². The van der Waals surface area contributed by atoms with Crippen LogP contribution >= 0.6 is 0 Å². The molecule has 2 aromatic carbocycles. The average molecular weight is 649 g/mol. The van der Waals surface area contributed by atoms with E-state index in [0.717, 1.165) is 51.0 Å². The number of anilines is 1. The molecule has 3 N–H and O–H groups in total.